The lowest BCUT2D eigenvalue weighted by atomic mass is 10.2. The number of hydrogen-bond acceptors (Lipinski definition) is 5. The van der Waals surface area contributed by atoms with Gasteiger partial charge in [-0.15, -0.1) is 0 Å². The Hall–Kier alpha value is -3.80. The van der Waals surface area contributed by atoms with E-state index in [0.717, 1.165) is 22.9 Å². The summed E-state index contributed by atoms with van der Waals surface area (Å²) in [5, 5.41) is 7.26. The van der Waals surface area contributed by atoms with Gasteiger partial charge in [0.2, 0.25) is 0 Å². The first-order valence-electron chi connectivity index (χ1n) is 10.00. The number of nitrogens with zero attached hydrogens (tertiary/aromatic N) is 3. The highest BCUT2D eigenvalue weighted by Crippen LogP contribution is 2.23. The average molecular weight is 397 g/mol. The molecule has 0 aliphatic heterocycles. The molecule has 6 nitrogen and oxygen atoms in total. The van der Waals surface area contributed by atoms with Crippen LogP contribution in [0.5, 0.6) is 0 Å². The fraction of sp³-hybridized carbons (Fsp3) is 0.167. The van der Waals surface area contributed by atoms with Crippen molar-refractivity contribution in [2.45, 2.75) is 26.3 Å². The molecule has 0 saturated carbocycles. The number of nitrogens with one attached hydrogen (secondary N) is 2. The molecule has 0 fully saturated rings. The molecular formula is C24H23N5O. The number of benzene rings is 2. The Morgan fingerprint density at radius 1 is 1.00 bits per heavy atom. The first kappa shape index (κ1) is 19.5. The molecule has 0 spiro atoms. The number of para-hydroxylation sites is 1. The summed E-state index contributed by atoms with van der Waals surface area (Å²) in [6, 6.07) is 21.1. The molecule has 0 bridgehead atoms. The summed E-state index contributed by atoms with van der Waals surface area (Å²) in [6.07, 6.45) is 2.65. The van der Waals surface area contributed by atoms with Crippen molar-refractivity contribution in [3.8, 4) is 11.4 Å². The SMILES string of the molecule is CCC(C)Nc1cc(C(=O)Nc2cccc3cccnc23)nc(-c2ccccc2)n1. The second-order valence-corrected chi connectivity index (χ2v) is 7.12. The van der Waals surface area contributed by atoms with E-state index in [1.165, 1.54) is 0 Å². The third-order valence-electron chi connectivity index (χ3n) is 4.88. The molecule has 1 unspecified atom stereocenters. The summed E-state index contributed by atoms with van der Waals surface area (Å²) in [4.78, 5) is 26.6. The second kappa shape index (κ2) is 8.69. The maximum absolute atomic E-state index is 13.1. The van der Waals surface area contributed by atoms with Crippen molar-refractivity contribution in [2.24, 2.45) is 0 Å². The smallest absolute Gasteiger partial charge is 0.274 e. The molecule has 1 atom stereocenters. The Bertz CT molecular complexity index is 1170. The number of fused-ring (bicyclic) bond motifs is 1. The van der Waals surface area contributed by atoms with Gasteiger partial charge in [0.15, 0.2) is 5.82 Å². The summed E-state index contributed by atoms with van der Waals surface area (Å²) in [6.45, 7) is 4.17. The number of rotatable bonds is 6. The molecule has 2 aromatic heterocycles. The monoisotopic (exact) mass is 397 g/mol. The van der Waals surface area contributed by atoms with E-state index in [1.807, 2.05) is 60.7 Å². The van der Waals surface area contributed by atoms with Gasteiger partial charge in [0.25, 0.3) is 5.91 Å². The number of aromatic nitrogens is 3. The van der Waals surface area contributed by atoms with Gasteiger partial charge in [0, 0.05) is 29.3 Å². The van der Waals surface area contributed by atoms with E-state index in [0.29, 0.717) is 23.0 Å². The molecule has 1 amide bonds. The fourth-order valence-corrected chi connectivity index (χ4v) is 3.10. The molecule has 2 N–H and O–H groups in total. The lowest BCUT2D eigenvalue weighted by molar-refractivity contribution is 0.102. The summed E-state index contributed by atoms with van der Waals surface area (Å²) in [5.74, 6) is 0.824. The molecule has 0 radical (unpaired) electrons. The van der Waals surface area contributed by atoms with Crippen LogP contribution in [-0.4, -0.2) is 26.9 Å². The van der Waals surface area contributed by atoms with E-state index >= 15 is 0 Å². The van der Waals surface area contributed by atoms with Crippen molar-refractivity contribution >= 4 is 28.3 Å². The van der Waals surface area contributed by atoms with Crippen LogP contribution in [-0.2, 0) is 0 Å². The standard InChI is InChI=1S/C24H23N5O/c1-3-16(2)26-21-15-20(27-23(29-21)18-9-5-4-6-10-18)24(30)28-19-13-7-11-17-12-8-14-25-22(17)19/h4-16H,3H2,1-2H3,(H,28,30)(H,26,27,29). The zero-order valence-electron chi connectivity index (χ0n) is 17.0. The van der Waals surface area contributed by atoms with Gasteiger partial charge in [-0.3, -0.25) is 9.78 Å². The zero-order chi connectivity index (χ0) is 20.9. The Balaban J connectivity index is 1.71. The fourth-order valence-electron chi connectivity index (χ4n) is 3.10. The van der Waals surface area contributed by atoms with E-state index in [1.54, 1.807) is 12.3 Å². The Morgan fingerprint density at radius 2 is 1.80 bits per heavy atom. The van der Waals surface area contributed by atoms with Crippen molar-refractivity contribution in [2.75, 3.05) is 10.6 Å². The summed E-state index contributed by atoms with van der Waals surface area (Å²) in [7, 11) is 0. The minimum atomic E-state index is -0.306. The molecule has 2 aromatic carbocycles. The van der Waals surface area contributed by atoms with Gasteiger partial charge in [0.1, 0.15) is 11.5 Å². The number of carbonyl (C=O) groups is 1. The lowest BCUT2D eigenvalue weighted by Gasteiger charge is -2.14. The molecule has 0 saturated heterocycles. The van der Waals surface area contributed by atoms with Crippen molar-refractivity contribution in [3.63, 3.8) is 0 Å². The molecule has 150 valence electrons. The highest BCUT2D eigenvalue weighted by Gasteiger charge is 2.15. The van der Waals surface area contributed by atoms with Gasteiger partial charge in [-0.25, -0.2) is 9.97 Å². The summed E-state index contributed by atoms with van der Waals surface area (Å²) >= 11 is 0. The van der Waals surface area contributed by atoms with Crippen LogP contribution >= 0.6 is 0 Å². The van der Waals surface area contributed by atoms with E-state index in [-0.39, 0.29) is 11.9 Å². The van der Waals surface area contributed by atoms with Gasteiger partial charge in [0.05, 0.1) is 11.2 Å². The minimum absolute atomic E-state index is 0.224. The highest BCUT2D eigenvalue weighted by molar-refractivity contribution is 6.07. The predicted molar refractivity (Wildman–Crippen MR) is 121 cm³/mol. The maximum Gasteiger partial charge on any atom is 0.274 e. The molecule has 4 rings (SSSR count). The molecule has 4 aromatic rings. The van der Waals surface area contributed by atoms with E-state index in [9.17, 15) is 4.79 Å². The molecule has 0 aliphatic rings. The van der Waals surface area contributed by atoms with Crippen LogP contribution in [0.4, 0.5) is 11.5 Å². The summed E-state index contributed by atoms with van der Waals surface area (Å²) in [5.41, 5.74) is 2.53. The van der Waals surface area contributed by atoms with E-state index < -0.39 is 0 Å². The Labute approximate surface area is 175 Å². The minimum Gasteiger partial charge on any atom is -0.367 e. The van der Waals surface area contributed by atoms with Crippen LogP contribution < -0.4 is 10.6 Å². The molecule has 6 heteroatoms. The molecular weight excluding hydrogens is 374 g/mol. The Kier molecular flexibility index (Phi) is 5.66. The topological polar surface area (TPSA) is 79.8 Å². The predicted octanol–water partition coefficient (Wildman–Crippen LogP) is 5.15. The highest BCUT2D eigenvalue weighted by atomic mass is 16.1. The number of anilines is 2. The van der Waals surface area contributed by atoms with Gasteiger partial charge in [-0.1, -0.05) is 55.5 Å². The van der Waals surface area contributed by atoms with Crippen LogP contribution in [0.1, 0.15) is 30.8 Å². The van der Waals surface area contributed by atoms with Gasteiger partial charge >= 0.3 is 0 Å². The van der Waals surface area contributed by atoms with Crippen molar-refractivity contribution in [1.82, 2.24) is 15.0 Å². The number of pyridine rings is 1. The number of carbonyl (C=O) groups excluding carboxylic acids is 1. The van der Waals surface area contributed by atoms with Crippen LogP contribution in [0.25, 0.3) is 22.3 Å². The molecule has 0 aliphatic carbocycles. The van der Waals surface area contributed by atoms with Gasteiger partial charge in [-0.2, -0.15) is 0 Å². The molecule has 30 heavy (non-hydrogen) atoms. The zero-order valence-corrected chi connectivity index (χ0v) is 17.0. The first-order chi connectivity index (χ1) is 14.6. The summed E-state index contributed by atoms with van der Waals surface area (Å²) < 4.78 is 0. The maximum atomic E-state index is 13.1. The van der Waals surface area contributed by atoms with Crippen LogP contribution in [0, 0.1) is 0 Å². The lowest BCUT2D eigenvalue weighted by Crippen LogP contribution is -2.18. The first-order valence-corrected chi connectivity index (χ1v) is 10.00. The van der Waals surface area contributed by atoms with Crippen molar-refractivity contribution in [1.29, 1.82) is 0 Å². The van der Waals surface area contributed by atoms with Gasteiger partial charge < -0.3 is 10.6 Å². The third kappa shape index (κ3) is 4.27. The Morgan fingerprint density at radius 3 is 2.60 bits per heavy atom. The number of amides is 1. The van der Waals surface area contributed by atoms with E-state index in [4.69, 9.17) is 0 Å². The molecule has 2 heterocycles. The van der Waals surface area contributed by atoms with E-state index in [2.05, 4.69) is 39.4 Å². The van der Waals surface area contributed by atoms with Crippen LogP contribution in [0.15, 0.2) is 72.9 Å². The number of hydrogen-bond donors (Lipinski definition) is 2. The third-order valence-corrected chi connectivity index (χ3v) is 4.88. The van der Waals surface area contributed by atoms with Crippen LogP contribution in [0.2, 0.25) is 0 Å². The van der Waals surface area contributed by atoms with Crippen molar-refractivity contribution in [3.05, 3.63) is 78.6 Å². The van der Waals surface area contributed by atoms with Crippen molar-refractivity contribution < 1.29 is 4.79 Å². The van der Waals surface area contributed by atoms with Crippen LogP contribution in [0.3, 0.4) is 0 Å². The second-order valence-electron chi connectivity index (χ2n) is 7.12. The normalized spacial score (nSPS) is 11.8. The average Bonchev–Trinajstić information content (AvgIpc) is 2.79. The quantitative estimate of drug-likeness (QED) is 0.470. The largest absolute Gasteiger partial charge is 0.367 e. The van der Waals surface area contributed by atoms with Gasteiger partial charge in [-0.05, 0) is 25.5 Å².